The molecular weight excluding hydrogens is 231 g/mol. The van der Waals surface area contributed by atoms with Crippen LogP contribution in [-0.2, 0) is 9.84 Å². The Hall–Kier alpha value is -0.300. The molecule has 1 unspecified atom stereocenters. The van der Waals surface area contributed by atoms with Crippen LogP contribution in [-0.4, -0.2) is 38.2 Å². The molecule has 0 spiro atoms. The van der Waals surface area contributed by atoms with Gasteiger partial charge in [-0.1, -0.05) is 6.92 Å². The number of hydrogen-bond acceptors (Lipinski definition) is 3. The summed E-state index contributed by atoms with van der Waals surface area (Å²) < 4.78 is 60.5. The van der Waals surface area contributed by atoms with E-state index >= 15 is 0 Å². The summed E-state index contributed by atoms with van der Waals surface area (Å²) in [7, 11) is -3.55. The zero-order valence-corrected chi connectivity index (χ0v) is 9.21. The molecule has 0 saturated carbocycles. The molecular formula is C8H14F3NO2S. The molecule has 1 aliphatic rings. The van der Waals surface area contributed by atoms with Gasteiger partial charge in [0.05, 0.1) is 11.5 Å². The summed E-state index contributed by atoms with van der Waals surface area (Å²) in [6, 6.07) is 0. The highest BCUT2D eigenvalue weighted by molar-refractivity contribution is 7.91. The van der Waals surface area contributed by atoms with E-state index < -0.39 is 27.3 Å². The molecule has 0 aliphatic carbocycles. The van der Waals surface area contributed by atoms with Crippen LogP contribution in [0, 0.1) is 0 Å². The van der Waals surface area contributed by atoms with Crippen molar-refractivity contribution in [3.63, 3.8) is 0 Å². The highest BCUT2D eigenvalue weighted by atomic mass is 32.2. The molecule has 1 rings (SSSR count). The molecule has 3 nitrogen and oxygen atoms in total. The molecule has 0 aromatic heterocycles. The molecule has 7 heteroatoms. The minimum Gasteiger partial charge on any atom is -0.303 e. The minimum absolute atomic E-state index is 0.176. The lowest BCUT2D eigenvalue weighted by Gasteiger charge is -2.31. The van der Waals surface area contributed by atoms with E-state index in [2.05, 4.69) is 5.32 Å². The molecule has 0 bridgehead atoms. The second kappa shape index (κ2) is 3.93. The molecule has 1 fully saturated rings. The lowest BCUT2D eigenvalue weighted by molar-refractivity contribution is -0.188. The quantitative estimate of drug-likeness (QED) is 0.810. The zero-order valence-electron chi connectivity index (χ0n) is 8.39. The van der Waals surface area contributed by atoms with E-state index in [9.17, 15) is 21.6 Å². The fraction of sp³-hybridized carbons (Fsp3) is 1.00. The summed E-state index contributed by atoms with van der Waals surface area (Å²) >= 11 is 0. The van der Waals surface area contributed by atoms with E-state index in [0.717, 1.165) is 0 Å². The lowest BCUT2D eigenvalue weighted by Crippen LogP contribution is -2.58. The van der Waals surface area contributed by atoms with Crippen LogP contribution in [0.4, 0.5) is 13.2 Å². The topological polar surface area (TPSA) is 46.2 Å². The summed E-state index contributed by atoms with van der Waals surface area (Å²) in [5.41, 5.74) is -2.22. The second-order valence-corrected chi connectivity index (χ2v) is 6.03. The second-order valence-electron chi connectivity index (χ2n) is 3.85. The standard InChI is InChI=1S/C8H14F3NO2S/c1-2-4-12-7(8(9,10)11)3-5-15(13,14)6-7/h12H,2-6H2,1H3. The van der Waals surface area contributed by atoms with Crippen LogP contribution in [0.1, 0.15) is 19.8 Å². The minimum atomic E-state index is -4.51. The largest absolute Gasteiger partial charge is 0.407 e. The van der Waals surface area contributed by atoms with Gasteiger partial charge in [-0.25, -0.2) is 8.42 Å². The highest BCUT2D eigenvalue weighted by Gasteiger charge is 2.59. The third-order valence-electron chi connectivity index (χ3n) is 2.56. The van der Waals surface area contributed by atoms with E-state index in [1.165, 1.54) is 0 Å². The van der Waals surface area contributed by atoms with E-state index in [4.69, 9.17) is 0 Å². The number of nitrogens with one attached hydrogen (secondary N) is 1. The molecule has 0 radical (unpaired) electrons. The van der Waals surface area contributed by atoms with Gasteiger partial charge < -0.3 is 5.32 Å². The third-order valence-corrected chi connectivity index (χ3v) is 4.32. The first-order valence-corrected chi connectivity index (χ1v) is 6.57. The Kier molecular flexibility index (Phi) is 3.35. The van der Waals surface area contributed by atoms with Crippen molar-refractivity contribution in [2.75, 3.05) is 18.1 Å². The summed E-state index contributed by atoms with van der Waals surface area (Å²) in [5.74, 6) is -1.22. The Morgan fingerprint density at radius 2 is 2.00 bits per heavy atom. The predicted octanol–water partition coefficient (Wildman–Crippen LogP) is 1.11. The van der Waals surface area contributed by atoms with Crippen LogP contribution < -0.4 is 5.32 Å². The average molecular weight is 245 g/mol. The Balaban J connectivity index is 2.90. The number of alkyl halides is 3. The van der Waals surface area contributed by atoms with Crippen molar-refractivity contribution < 1.29 is 21.6 Å². The van der Waals surface area contributed by atoms with E-state index in [1.54, 1.807) is 6.92 Å². The fourth-order valence-corrected chi connectivity index (χ4v) is 3.64. The molecule has 1 aliphatic heterocycles. The molecule has 15 heavy (non-hydrogen) atoms. The van der Waals surface area contributed by atoms with Gasteiger partial charge in [-0.15, -0.1) is 0 Å². The highest BCUT2D eigenvalue weighted by Crippen LogP contribution is 2.38. The van der Waals surface area contributed by atoms with Crippen LogP contribution in [0.15, 0.2) is 0 Å². The maximum absolute atomic E-state index is 12.8. The summed E-state index contributed by atoms with van der Waals surface area (Å²) in [6.07, 6.45) is -4.34. The monoisotopic (exact) mass is 245 g/mol. The van der Waals surface area contributed by atoms with E-state index in [-0.39, 0.29) is 18.7 Å². The maximum Gasteiger partial charge on any atom is 0.407 e. The first kappa shape index (κ1) is 12.8. The van der Waals surface area contributed by atoms with Crippen molar-refractivity contribution in [2.24, 2.45) is 0 Å². The summed E-state index contributed by atoms with van der Waals surface area (Å²) in [4.78, 5) is 0. The van der Waals surface area contributed by atoms with Crippen molar-refractivity contribution in [3.05, 3.63) is 0 Å². The molecule has 1 heterocycles. The van der Waals surface area contributed by atoms with Crippen molar-refractivity contribution in [1.82, 2.24) is 5.32 Å². The lowest BCUT2D eigenvalue weighted by atomic mass is 9.98. The van der Waals surface area contributed by atoms with E-state index in [0.29, 0.717) is 6.42 Å². The van der Waals surface area contributed by atoms with Crippen LogP contribution in [0.5, 0.6) is 0 Å². The van der Waals surface area contributed by atoms with Gasteiger partial charge in [0.15, 0.2) is 9.84 Å². The Labute approximate surface area is 87.0 Å². The van der Waals surface area contributed by atoms with Gasteiger partial charge in [0, 0.05) is 0 Å². The number of hydrogen-bond donors (Lipinski definition) is 1. The summed E-state index contributed by atoms with van der Waals surface area (Å²) in [6.45, 7) is 1.91. The molecule has 1 N–H and O–H groups in total. The van der Waals surface area contributed by atoms with Gasteiger partial charge in [-0.3, -0.25) is 0 Å². The van der Waals surface area contributed by atoms with E-state index in [1.807, 2.05) is 0 Å². The van der Waals surface area contributed by atoms with Gasteiger partial charge >= 0.3 is 6.18 Å². The first-order valence-electron chi connectivity index (χ1n) is 4.75. The molecule has 90 valence electrons. The van der Waals surface area contributed by atoms with Crippen LogP contribution in [0.25, 0.3) is 0 Å². The molecule has 1 saturated heterocycles. The van der Waals surface area contributed by atoms with Gasteiger partial charge in [-0.2, -0.15) is 13.2 Å². The number of halogens is 3. The molecule has 0 aromatic carbocycles. The number of rotatable bonds is 3. The Bertz CT molecular complexity index is 325. The first-order chi connectivity index (χ1) is 6.72. The SMILES string of the molecule is CCCNC1(C(F)(F)F)CCS(=O)(=O)C1. The summed E-state index contributed by atoms with van der Waals surface area (Å²) in [5, 5.41) is 2.34. The third kappa shape index (κ3) is 2.63. The smallest absolute Gasteiger partial charge is 0.303 e. The Morgan fingerprint density at radius 3 is 2.33 bits per heavy atom. The fourth-order valence-electron chi connectivity index (χ4n) is 1.68. The van der Waals surface area contributed by atoms with Crippen molar-refractivity contribution in [1.29, 1.82) is 0 Å². The molecule has 0 amide bonds. The number of sulfone groups is 1. The van der Waals surface area contributed by atoms with Crippen molar-refractivity contribution in [3.8, 4) is 0 Å². The van der Waals surface area contributed by atoms with Gasteiger partial charge in [0.25, 0.3) is 0 Å². The van der Waals surface area contributed by atoms with Gasteiger partial charge in [0.1, 0.15) is 5.54 Å². The van der Waals surface area contributed by atoms with Gasteiger partial charge in [-0.05, 0) is 19.4 Å². The van der Waals surface area contributed by atoms with Crippen molar-refractivity contribution >= 4 is 9.84 Å². The molecule has 1 atom stereocenters. The van der Waals surface area contributed by atoms with Crippen LogP contribution >= 0.6 is 0 Å². The Morgan fingerprint density at radius 1 is 1.40 bits per heavy atom. The van der Waals surface area contributed by atoms with Crippen molar-refractivity contribution in [2.45, 2.75) is 31.5 Å². The van der Waals surface area contributed by atoms with Crippen LogP contribution in [0.3, 0.4) is 0 Å². The normalized spacial score (nSPS) is 30.7. The predicted molar refractivity (Wildman–Crippen MR) is 50.4 cm³/mol. The molecule has 0 aromatic rings. The zero-order chi connectivity index (χ0) is 11.7. The maximum atomic E-state index is 12.8. The average Bonchev–Trinajstić information content (AvgIpc) is 2.38. The van der Waals surface area contributed by atoms with Crippen LogP contribution in [0.2, 0.25) is 0 Å². The van der Waals surface area contributed by atoms with Gasteiger partial charge in [0.2, 0.25) is 0 Å².